The summed E-state index contributed by atoms with van der Waals surface area (Å²) in [4.78, 5) is 28.3. The van der Waals surface area contributed by atoms with Gasteiger partial charge in [0.05, 0.1) is 22.5 Å². The number of nitrogens with zero attached hydrogens (tertiary/aromatic N) is 1. The van der Waals surface area contributed by atoms with Crippen molar-refractivity contribution in [2.45, 2.75) is 106 Å². The highest BCUT2D eigenvalue weighted by Gasteiger charge is 2.69. The maximum Gasteiger partial charge on any atom is 0.335 e. The SMILES string of the molecule is CC1CCC2(C(=O)NCCCN3CCS(=O)(=O)CC3)CCC3(C)C(=CCC4C5(C)CC=C(c6ccc(C(=O)O)cc6)C(C)(C)C5CCC43C)C2C1C. The highest BCUT2D eigenvalue weighted by Crippen LogP contribution is 2.76. The Bertz CT molecular complexity index is 1750. The van der Waals surface area contributed by atoms with Crippen LogP contribution in [-0.2, 0) is 14.6 Å². The van der Waals surface area contributed by atoms with Gasteiger partial charge in [-0.05, 0) is 139 Å². The van der Waals surface area contributed by atoms with E-state index in [2.05, 4.69) is 70.8 Å². The largest absolute Gasteiger partial charge is 0.478 e. The molecule has 7 nitrogen and oxygen atoms in total. The molecular weight excluding hydrogens is 669 g/mol. The van der Waals surface area contributed by atoms with Crippen LogP contribution in [-0.4, -0.2) is 68.0 Å². The van der Waals surface area contributed by atoms with Crippen LogP contribution in [0.3, 0.4) is 0 Å². The summed E-state index contributed by atoms with van der Waals surface area (Å²) in [5.41, 5.74) is 4.35. The minimum atomic E-state index is -2.89. The second-order valence-electron chi connectivity index (χ2n) is 19.3. The Kier molecular flexibility index (Phi) is 9.53. The summed E-state index contributed by atoms with van der Waals surface area (Å²) in [5.74, 6) is 2.20. The summed E-state index contributed by atoms with van der Waals surface area (Å²) >= 11 is 0. The lowest BCUT2D eigenvalue weighted by molar-refractivity contribution is -0.169. The van der Waals surface area contributed by atoms with E-state index in [4.69, 9.17) is 0 Å². The normalized spacial score (nSPS) is 40.9. The number of hydrogen-bond acceptors (Lipinski definition) is 5. The molecule has 0 aromatic heterocycles. The van der Waals surface area contributed by atoms with E-state index in [9.17, 15) is 23.1 Å². The van der Waals surface area contributed by atoms with Crippen LogP contribution in [0.1, 0.15) is 122 Å². The van der Waals surface area contributed by atoms with Gasteiger partial charge < -0.3 is 15.3 Å². The van der Waals surface area contributed by atoms with Crippen molar-refractivity contribution in [2.24, 2.45) is 56.7 Å². The third kappa shape index (κ3) is 5.78. The van der Waals surface area contributed by atoms with Crippen molar-refractivity contribution in [1.82, 2.24) is 10.2 Å². The number of nitrogens with one attached hydrogen (secondary N) is 1. The van der Waals surface area contributed by atoms with Crippen molar-refractivity contribution in [3.8, 4) is 0 Å². The fraction of sp³-hybridized carbons (Fsp3) is 0.727. The second-order valence-corrected chi connectivity index (χ2v) is 21.6. The third-order valence-electron chi connectivity index (χ3n) is 16.8. The van der Waals surface area contributed by atoms with Crippen molar-refractivity contribution in [1.29, 1.82) is 0 Å². The number of benzene rings is 1. The lowest BCUT2D eigenvalue weighted by Gasteiger charge is -2.71. The molecule has 6 aliphatic rings. The Balaban J connectivity index is 1.14. The van der Waals surface area contributed by atoms with Crippen molar-refractivity contribution in [2.75, 3.05) is 37.7 Å². The molecule has 9 unspecified atom stereocenters. The Morgan fingerprint density at radius 1 is 0.904 bits per heavy atom. The number of carboxylic acid groups (broad SMARTS) is 1. The van der Waals surface area contributed by atoms with E-state index >= 15 is 0 Å². The summed E-state index contributed by atoms with van der Waals surface area (Å²) in [5, 5.41) is 12.9. The number of allylic oxidation sites excluding steroid dienone is 4. The van der Waals surface area contributed by atoms with Crippen LogP contribution >= 0.6 is 0 Å². The molecule has 3 saturated carbocycles. The van der Waals surface area contributed by atoms with Gasteiger partial charge in [0.15, 0.2) is 9.84 Å². The molecule has 286 valence electrons. The molecule has 9 atom stereocenters. The first-order chi connectivity index (χ1) is 24.4. The molecule has 1 aromatic rings. The van der Waals surface area contributed by atoms with Crippen LogP contribution in [0.5, 0.6) is 0 Å². The number of fused-ring (bicyclic) bond motifs is 7. The average molecular weight is 733 g/mol. The average Bonchev–Trinajstić information content (AvgIpc) is 3.09. The molecule has 1 saturated heterocycles. The Labute approximate surface area is 313 Å². The maximum atomic E-state index is 14.5. The van der Waals surface area contributed by atoms with Gasteiger partial charge in [0.1, 0.15) is 0 Å². The summed E-state index contributed by atoms with van der Waals surface area (Å²) in [6.45, 7) is 20.1. The van der Waals surface area contributed by atoms with Gasteiger partial charge >= 0.3 is 5.97 Å². The number of amides is 1. The van der Waals surface area contributed by atoms with E-state index in [1.807, 2.05) is 12.1 Å². The highest BCUT2D eigenvalue weighted by molar-refractivity contribution is 7.91. The van der Waals surface area contributed by atoms with Gasteiger partial charge in [0, 0.05) is 19.6 Å². The van der Waals surface area contributed by atoms with Gasteiger partial charge in [-0.25, -0.2) is 13.2 Å². The van der Waals surface area contributed by atoms with E-state index in [1.54, 1.807) is 17.7 Å². The van der Waals surface area contributed by atoms with E-state index in [0.29, 0.717) is 48.9 Å². The van der Waals surface area contributed by atoms with Gasteiger partial charge in [0.25, 0.3) is 0 Å². The van der Waals surface area contributed by atoms with Crippen molar-refractivity contribution in [3.63, 3.8) is 0 Å². The van der Waals surface area contributed by atoms with Gasteiger partial charge in [-0.2, -0.15) is 0 Å². The maximum absolute atomic E-state index is 14.5. The molecule has 2 N–H and O–H groups in total. The number of aromatic carboxylic acids is 1. The minimum absolute atomic E-state index is 0.0389. The zero-order valence-corrected chi connectivity index (χ0v) is 33.7. The minimum Gasteiger partial charge on any atom is -0.478 e. The third-order valence-corrected chi connectivity index (χ3v) is 18.4. The van der Waals surface area contributed by atoms with E-state index in [0.717, 1.165) is 57.1 Å². The smallest absolute Gasteiger partial charge is 0.335 e. The fourth-order valence-electron chi connectivity index (χ4n) is 13.4. The first kappa shape index (κ1) is 37.8. The Morgan fingerprint density at radius 2 is 1.60 bits per heavy atom. The number of rotatable bonds is 7. The summed E-state index contributed by atoms with van der Waals surface area (Å²) in [6.07, 6.45) is 14.5. The first-order valence-electron chi connectivity index (χ1n) is 20.4. The lowest BCUT2D eigenvalue weighted by atomic mass is 9.33. The molecule has 1 amide bonds. The lowest BCUT2D eigenvalue weighted by Crippen LogP contribution is -2.64. The van der Waals surface area contributed by atoms with Crippen LogP contribution in [0.15, 0.2) is 42.0 Å². The molecule has 0 bridgehead atoms. The molecule has 1 heterocycles. The topological polar surface area (TPSA) is 104 Å². The quantitative estimate of drug-likeness (QED) is 0.216. The number of carbonyl (C=O) groups is 2. The Morgan fingerprint density at radius 3 is 2.27 bits per heavy atom. The Hall–Kier alpha value is -2.45. The monoisotopic (exact) mass is 732 g/mol. The van der Waals surface area contributed by atoms with Gasteiger partial charge in [-0.15, -0.1) is 0 Å². The van der Waals surface area contributed by atoms with Gasteiger partial charge in [-0.3, -0.25) is 4.79 Å². The van der Waals surface area contributed by atoms with Crippen molar-refractivity contribution < 1.29 is 23.1 Å². The number of carbonyl (C=O) groups excluding carboxylic acids is 1. The van der Waals surface area contributed by atoms with E-state index < -0.39 is 15.8 Å². The molecule has 5 aliphatic carbocycles. The molecule has 1 aliphatic heterocycles. The fourth-order valence-corrected chi connectivity index (χ4v) is 14.7. The first-order valence-corrected chi connectivity index (χ1v) is 22.2. The summed E-state index contributed by atoms with van der Waals surface area (Å²) in [7, 11) is -2.89. The predicted octanol–water partition coefficient (Wildman–Crippen LogP) is 8.27. The molecule has 0 spiro atoms. The highest BCUT2D eigenvalue weighted by atomic mass is 32.2. The van der Waals surface area contributed by atoms with Crippen LogP contribution in [0.2, 0.25) is 0 Å². The standard InChI is InChI=1S/C44H64N2O5S/c1-29-15-20-44(39(49)45-23-8-24-46-25-27-52(50,51)28-26-46)22-21-42(6)34(37(44)30(29)2)13-14-36-41(5)18-16-33(31-9-11-32(12-10-31)38(47)48)40(3,4)35(41)17-19-43(36,42)7/h9-13,16,29-30,35-37H,8,14-15,17-28H2,1-7H3,(H,45,49)(H,47,48). The summed E-state index contributed by atoms with van der Waals surface area (Å²) < 4.78 is 23.8. The molecule has 7 rings (SSSR count). The zero-order valence-electron chi connectivity index (χ0n) is 32.9. The molecule has 4 fully saturated rings. The van der Waals surface area contributed by atoms with E-state index in [-0.39, 0.29) is 50.4 Å². The van der Waals surface area contributed by atoms with Gasteiger partial charge in [0.2, 0.25) is 5.91 Å². The molecular formula is C44H64N2O5S. The zero-order chi connectivity index (χ0) is 37.5. The van der Waals surface area contributed by atoms with Crippen molar-refractivity contribution in [3.05, 3.63) is 53.1 Å². The molecule has 8 heteroatoms. The molecule has 1 aromatic carbocycles. The van der Waals surface area contributed by atoms with Crippen LogP contribution in [0.25, 0.3) is 5.57 Å². The number of carboxylic acids is 1. The molecule has 52 heavy (non-hydrogen) atoms. The van der Waals surface area contributed by atoms with E-state index in [1.165, 1.54) is 18.4 Å². The van der Waals surface area contributed by atoms with Gasteiger partial charge in [-0.1, -0.05) is 78.3 Å². The summed E-state index contributed by atoms with van der Waals surface area (Å²) in [6, 6.07) is 7.50. The van der Waals surface area contributed by atoms with Crippen LogP contribution in [0.4, 0.5) is 0 Å². The van der Waals surface area contributed by atoms with Crippen LogP contribution in [0, 0.1) is 56.7 Å². The van der Waals surface area contributed by atoms with Crippen molar-refractivity contribution >= 4 is 27.3 Å². The predicted molar refractivity (Wildman–Crippen MR) is 208 cm³/mol. The number of hydrogen-bond donors (Lipinski definition) is 2. The second kappa shape index (κ2) is 13.1. The molecule has 0 radical (unpaired) electrons. The number of sulfone groups is 1. The van der Waals surface area contributed by atoms with Crippen LogP contribution < -0.4 is 5.32 Å².